The number of carbonyl (C=O) groups is 2. The number of piperidine rings is 1. The molecule has 0 radical (unpaired) electrons. The summed E-state index contributed by atoms with van der Waals surface area (Å²) in [6, 6.07) is 2.63. The fourth-order valence-electron chi connectivity index (χ4n) is 3.50. The highest BCUT2D eigenvalue weighted by Gasteiger charge is 2.37. The van der Waals surface area contributed by atoms with Crippen molar-refractivity contribution in [2.75, 3.05) is 19.6 Å². The Balaban J connectivity index is 1.73. The lowest BCUT2D eigenvalue weighted by Gasteiger charge is -2.34. The van der Waals surface area contributed by atoms with E-state index in [4.69, 9.17) is 0 Å². The summed E-state index contributed by atoms with van der Waals surface area (Å²) in [6.07, 6.45) is 3.33. The Morgan fingerprint density at radius 2 is 1.75 bits per heavy atom. The van der Waals surface area contributed by atoms with Gasteiger partial charge in [-0.15, -0.1) is 0 Å². The van der Waals surface area contributed by atoms with Crippen LogP contribution in [0.5, 0.6) is 0 Å². The van der Waals surface area contributed by atoms with Gasteiger partial charge >= 0.3 is 0 Å². The summed E-state index contributed by atoms with van der Waals surface area (Å²) < 4.78 is 26.4. The van der Waals surface area contributed by atoms with Crippen molar-refractivity contribution in [3.63, 3.8) is 0 Å². The second kappa shape index (κ2) is 6.87. The zero-order valence-electron chi connectivity index (χ0n) is 13.8. The molecule has 24 heavy (non-hydrogen) atoms. The molecule has 3 rings (SSSR count). The van der Waals surface area contributed by atoms with E-state index >= 15 is 0 Å². The first-order valence-corrected chi connectivity index (χ1v) is 8.52. The van der Waals surface area contributed by atoms with Gasteiger partial charge in [-0.05, 0) is 49.8 Å². The molecule has 1 aromatic carbocycles. The van der Waals surface area contributed by atoms with Gasteiger partial charge in [0, 0.05) is 25.2 Å². The average Bonchev–Trinajstić information content (AvgIpc) is 3.06. The van der Waals surface area contributed by atoms with E-state index < -0.39 is 23.6 Å². The van der Waals surface area contributed by atoms with Crippen LogP contribution in [-0.4, -0.2) is 47.3 Å². The van der Waals surface area contributed by atoms with Crippen LogP contribution in [0.15, 0.2) is 18.2 Å². The minimum absolute atomic E-state index is 0.0182. The van der Waals surface area contributed by atoms with E-state index in [9.17, 15) is 18.4 Å². The molecule has 1 atom stereocenters. The molecule has 0 spiro atoms. The number of nitrogens with zero attached hydrogens (tertiary/aromatic N) is 2. The quantitative estimate of drug-likeness (QED) is 0.833. The van der Waals surface area contributed by atoms with Gasteiger partial charge in [-0.1, -0.05) is 6.92 Å². The first kappa shape index (κ1) is 16.9. The lowest BCUT2D eigenvalue weighted by atomic mass is 9.98. The highest BCUT2D eigenvalue weighted by atomic mass is 19.2. The molecule has 2 aliphatic rings. The van der Waals surface area contributed by atoms with E-state index in [2.05, 4.69) is 6.92 Å². The highest BCUT2D eigenvalue weighted by molar-refractivity contribution is 5.98. The van der Waals surface area contributed by atoms with Gasteiger partial charge in [-0.25, -0.2) is 8.78 Å². The summed E-state index contributed by atoms with van der Waals surface area (Å²) in [7, 11) is 0. The maximum absolute atomic E-state index is 13.4. The molecule has 0 N–H and O–H groups in total. The molecule has 1 aromatic rings. The van der Waals surface area contributed by atoms with E-state index in [-0.39, 0.29) is 11.5 Å². The molecule has 6 heteroatoms. The van der Waals surface area contributed by atoms with Crippen LogP contribution in [0, 0.1) is 17.6 Å². The van der Waals surface area contributed by atoms with Gasteiger partial charge in [0.1, 0.15) is 6.04 Å². The first-order valence-electron chi connectivity index (χ1n) is 8.52. The molecule has 130 valence electrons. The lowest BCUT2D eigenvalue weighted by molar-refractivity contribution is -0.136. The summed E-state index contributed by atoms with van der Waals surface area (Å²) in [4.78, 5) is 28.7. The van der Waals surface area contributed by atoms with E-state index in [1.54, 1.807) is 0 Å². The normalized spacial score (nSPS) is 22.0. The molecule has 0 bridgehead atoms. The standard InChI is InChI=1S/C18H22F2N2O2/c1-12-6-9-21(10-7-12)18(24)16-3-2-8-22(16)17(23)13-4-5-14(19)15(20)11-13/h4-5,11-12,16H,2-3,6-10H2,1H3/t16-/m0/s1. The van der Waals surface area contributed by atoms with Crippen molar-refractivity contribution in [1.29, 1.82) is 0 Å². The van der Waals surface area contributed by atoms with Crippen LogP contribution >= 0.6 is 0 Å². The minimum atomic E-state index is -1.05. The maximum Gasteiger partial charge on any atom is 0.254 e. The van der Waals surface area contributed by atoms with Gasteiger partial charge < -0.3 is 9.80 Å². The number of benzene rings is 1. The van der Waals surface area contributed by atoms with Gasteiger partial charge in [-0.3, -0.25) is 9.59 Å². The van der Waals surface area contributed by atoms with Crippen LogP contribution in [0.25, 0.3) is 0 Å². The first-order chi connectivity index (χ1) is 11.5. The number of amides is 2. The lowest BCUT2D eigenvalue weighted by Crippen LogP contribution is -2.49. The van der Waals surface area contributed by atoms with Crippen molar-refractivity contribution in [2.45, 2.75) is 38.6 Å². The number of likely N-dealkylation sites (tertiary alicyclic amines) is 2. The Morgan fingerprint density at radius 1 is 1.04 bits per heavy atom. The molecule has 2 saturated heterocycles. The molecule has 2 fully saturated rings. The number of carbonyl (C=O) groups excluding carboxylic acids is 2. The number of hydrogen-bond donors (Lipinski definition) is 0. The second-order valence-electron chi connectivity index (χ2n) is 6.79. The van der Waals surface area contributed by atoms with Crippen molar-refractivity contribution < 1.29 is 18.4 Å². The van der Waals surface area contributed by atoms with Gasteiger partial charge in [0.05, 0.1) is 0 Å². The summed E-state index contributed by atoms with van der Waals surface area (Å²) in [5.41, 5.74) is 0.0841. The van der Waals surface area contributed by atoms with Crippen molar-refractivity contribution in [2.24, 2.45) is 5.92 Å². The van der Waals surface area contributed by atoms with E-state index in [1.807, 2.05) is 4.90 Å². The van der Waals surface area contributed by atoms with Crippen LogP contribution in [0.4, 0.5) is 8.78 Å². The largest absolute Gasteiger partial charge is 0.341 e. The van der Waals surface area contributed by atoms with Gasteiger partial charge in [0.25, 0.3) is 5.91 Å². The molecular formula is C18H22F2N2O2. The van der Waals surface area contributed by atoms with Crippen LogP contribution in [0.1, 0.15) is 43.0 Å². The SMILES string of the molecule is CC1CCN(C(=O)[C@@H]2CCCN2C(=O)c2ccc(F)c(F)c2)CC1. The number of rotatable bonds is 2. The predicted octanol–water partition coefficient (Wildman–Crippen LogP) is 2.83. The topological polar surface area (TPSA) is 40.6 Å². The highest BCUT2D eigenvalue weighted by Crippen LogP contribution is 2.25. The molecule has 0 unspecified atom stereocenters. The number of halogens is 2. The summed E-state index contributed by atoms with van der Waals surface area (Å²) in [5, 5.41) is 0. The van der Waals surface area contributed by atoms with Crippen molar-refractivity contribution in [1.82, 2.24) is 9.80 Å². The third-order valence-corrected chi connectivity index (χ3v) is 5.06. The number of hydrogen-bond acceptors (Lipinski definition) is 2. The monoisotopic (exact) mass is 336 g/mol. The van der Waals surface area contributed by atoms with E-state index in [0.29, 0.717) is 18.9 Å². The van der Waals surface area contributed by atoms with Gasteiger partial charge in [0.2, 0.25) is 5.91 Å². The van der Waals surface area contributed by atoms with Crippen molar-refractivity contribution in [3.8, 4) is 0 Å². The Labute approximate surface area is 140 Å². The molecular weight excluding hydrogens is 314 g/mol. The van der Waals surface area contributed by atoms with E-state index in [0.717, 1.165) is 44.5 Å². The van der Waals surface area contributed by atoms with Crippen molar-refractivity contribution in [3.05, 3.63) is 35.4 Å². The molecule has 2 heterocycles. The summed E-state index contributed by atoms with van der Waals surface area (Å²) in [6.45, 7) is 4.10. The Bertz CT molecular complexity index is 642. The van der Waals surface area contributed by atoms with Crippen molar-refractivity contribution >= 4 is 11.8 Å². The van der Waals surface area contributed by atoms with Crippen LogP contribution < -0.4 is 0 Å². The molecule has 2 amide bonds. The summed E-state index contributed by atoms with van der Waals surface area (Å²) >= 11 is 0. The zero-order valence-corrected chi connectivity index (χ0v) is 13.8. The third kappa shape index (κ3) is 3.28. The van der Waals surface area contributed by atoms with Gasteiger partial charge in [0.15, 0.2) is 11.6 Å². The molecule has 0 aromatic heterocycles. The summed E-state index contributed by atoms with van der Waals surface area (Å²) in [5.74, 6) is -1.83. The van der Waals surface area contributed by atoms with Crippen LogP contribution in [0.3, 0.4) is 0 Å². The fraction of sp³-hybridized carbons (Fsp3) is 0.556. The second-order valence-corrected chi connectivity index (χ2v) is 6.79. The van der Waals surface area contributed by atoms with Crippen LogP contribution in [0.2, 0.25) is 0 Å². The molecule has 0 aliphatic carbocycles. The molecule has 2 aliphatic heterocycles. The molecule has 0 saturated carbocycles. The maximum atomic E-state index is 13.4. The Morgan fingerprint density at radius 3 is 2.42 bits per heavy atom. The molecule has 4 nitrogen and oxygen atoms in total. The van der Waals surface area contributed by atoms with Crippen LogP contribution in [-0.2, 0) is 4.79 Å². The van der Waals surface area contributed by atoms with E-state index in [1.165, 1.54) is 11.0 Å². The average molecular weight is 336 g/mol. The fourth-order valence-corrected chi connectivity index (χ4v) is 3.50. The Hall–Kier alpha value is -1.98. The zero-order chi connectivity index (χ0) is 17.3. The smallest absolute Gasteiger partial charge is 0.254 e. The minimum Gasteiger partial charge on any atom is -0.341 e. The van der Waals surface area contributed by atoms with Gasteiger partial charge in [-0.2, -0.15) is 0 Å². The Kier molecular flexibility index (Phi) is 4.83. The predicted molar refractivity (Wildman–Crippen MR) is 85.4 cm³/mol. The third-order valence-electron chi connectivity index (χ3n) is 5.06.